The quantitative estimate of drug-likeness (QED) is 0.105. The van der Waals surface area contributed by atoms with Gasteiger partial charge in [0.2, 0.25) is 0 Å². The van der Waals surface area contributed by atoms with Crippen molar-refractivity contribution in [3.63, 3.8) is 0 Å². The standard InChI is InChI=1S/C38H56N2O2/c1-2-3-4-5-6-7-8-9-10-11-12-22-29-37(41-31-33-23-16-13-17-24-33)38(42-32-34-25-18-14-19-26-34)36(39)30-40-35-27-20-15-21-28-35/h13-21,23-28,36-38,40H,2-12,22,29-32,39H2,1H3/t36-,37+,38-/m0/s1. The lowest BCUT2D eigenvalue weighted by Gasteiger charge is -2.32. The third-order valence-electron chi connectivity index (χ3n) is 8.04. The lowest BCUT2D eigenvalue weighted by molar-refractivity contribution is -0.0973. The maximum atomic E-state index is 6.87. The maximum Gasteiger partial charge on any atom is 0.101 e. The van der Waals surface area contributed by atoms with E-state index >= 15 is 0 Å². The van der Waals surface area contributed by atoms with Crippen molar-refractivity contribution in [2.45, 2.75) is 122 Å². The number of anilines is 1. The van der Waals surface area contributed by atoms with Gasteiger partial charge in [0.05, 0.1) is 25.4 Å². The van der Waals surface area contributed by atoms with Gasteiger partial charge in [-0.15, -0.1) is 0 Å². The van der Waals surface area contributed by atoms with Gasteiger partial charge in [0, 0.05) is 12.2 Å². The largest absolute Gasteiger partial charge is 0.383 e. The molecule has 3 atom stereocenters. The van der Waals surface area contributed by atoms with Crippen LogP contribution in [0.5, 0.6) is 0 Å². The lowest BCUT2D eigenvalue weighted by Crippen LogP contribution is -2.49. The van der Waals surface area contributed by atoms with Gasteiger partial charge in [0.1, 0.15) is 6.10 Å². The SMILES string of the molecule is CCCCCCCCCCCCCC[C@@H](OCc1ccccc1)[C@@H](OCc1ccccc1)[C@@H](N)CNc1ccccc1. The smallest absolute Gasteiger partial charge is 0.101 e. The average molecular weight is 573 g/mol. The highest BCUT2D eigenvalue weighted by Crippen LogP contribution is 2.21. The van der Waals surface area contributed by atoms with E-state index in [0.717, 1.165) is 24.1 Å². The van der Waals surface area contributed by atoms with Crippen LogP contribution in [0.4, 0.5) is 5.69 Å². The van der Waals surface area contributed by atoms with Crippen molar-refractivity contribution in [2.24, 2.45) is 5.73 Å². The average Bonchev–Trinajstić information content (AvgIpc) is 3.04. The third kappa shape index (κ3) is 14.5. The zero-order chi connectivity index (χ0) is 29.5. The molecule has 0 amide bonds. The van der Waals surface area contributed by atoms with Gasteiger partial charge in [0.15, 0.2) is 0 Å². The molecule has 0 heterocycles. The minimum atomic E-state index is -0.224. The fourth-order valence-corrected chi connectivity index (χ4v) is 5.49. The fraction of sp³-hybridized carbons (Fsp3) is 0.526. The minimum Gasteiger partial charge on any atom is -0.383 e. The van der Waals surface area contributed by atoms with E-state index in [2.05, 4.69) is 72.9 Å². The van der Waals surface area contributed by atoms with E-state index in [1.165, 1.54) is 76.2 Å². The minimum absolute atomic E-state index is 0.0791. The number of rotatable bonds is 24. The molecule has 4 heteroatoms. The van der Waals surface area contributed by atoms with Crippen LogP contribution < -0.4 is 11.1 Å². The van der Waals surface area contributed by atoms with Crippen LogP contribution in [0.2, 0.25) is 0 Å². The predicted molar refractivity (Wildman–Crippen MR) is 179 cm³/mol. The van der Waals surface area contributed by atoms with E-state index in [1.54, 1.807) is 0 Å². The van der Waals surface area contributed by atoms with Crippen LogP contribution in [0, 0.1) is 0 Å². The number of para-hydroxylation sites is 1. The van der Waals surface area contributed by atoms with Crippen LogP contribution >= 0.6 is 0 Å². The van der Waals surface area contributed by atoms with Crippen molar-refractivity contribution in [3.05, 3.63) is 102 Å². The highest BCUT2D eigenvalue weighted by molar-refractivity contribution is 5.42. The fourth-order valence-electron chi connectivity index (χ4n) is 5.49. The first-order valence-electron chi connectivity index (χ1n) is 16.6. The second-order valence-corrected chi connectivity index (χ2v) is 11.7. The van der Waals surface area contributed by atoms with E-state index in [-0.39, 0.29) is 18.2 Å². The Morgan fingerprint density at radius 1 is 0.571 bits per heavy atom. The molecule has 3 N–H and O–H groups in total. The van der Waals surface area contributed by atoms with Gasteiger partial charge >= 0.3 is 0 Å². The summed E-state index contributed by atoms with van der Waals surface area (Å²) >= 11 is 0. The second kappa shape index (κ2) is 22.0. The molecule has 0 aliphatic heterocycles. The summed E-state index contributed by atoms with van der Waals surface area (Å²) in [6.07, 6.45) is 16.7. The summed E-state index contributed by atoms with van der Waals surface area (Å²) < 4.78 is 13.2. The molecule has 0 bridgehead atoms. The summed E-state index contributed by atoms with van der Waals surface area (Å²) in [5.74, 6) is 0. The molecule has 0 aliphatic rings. The number of hydrogen-bond donors (Lipinski definition) is 2. The number of ether oxygens (including phenoxy) is 2. The molecule has 0 saturated carbocycles. The molecule has 4 nitrogen and oxygen atoms in total. The molecule has 0 fully saturated rings. The van der Waals surface area contributed by atoms with Crippen LogP contribution in [0.1, 0.15) is 102 Å². The zero-order valence-electron chi connectivity index (χ0n) is 26.1. The van der Waals surface area contributed by atoms with Gasteiger partial charge in [-0.1, -0.05) is 163 Å². The van der Waals surface area contributed by atoms with Crippen LogP contribution in [0.25, 0.3) is 0 Å². The van der Waals surface area contributed by atoms with E-state index in [0.29, 0.717) is 19.8 Å². The monoisotopic (exact) mass is 572 g/mol. The van der Waals surface area contributed by atoms with Crippen LogP contribution in [-0.4, -0.2) is 24.8 Å². The predicted octanol–water partition coefficient (Wildman–Crippen LogP) is 9.69. The molecule has 0 aliphatic carbocycles. The Balaban J connectivity index is 1.54. The molecule has 0 saturated heterocycles. The van der Waals surface area contributed by atoms with Crippen molar-refractivity contribution in [1.29, 1.82) is 0 Å². The molecule has 0 aromatic heterocycles. The van der Waals surface area contributed by atoms with Crippen molar-refractivity contribution in [2.75, 3.05) is 11.9 Å². The van der Waals surface area contributed by atoms with E-state index in [4.69, 9.17) is 15.2 Å². The van der Waals surface area contributed by atoms with Crippen LogP contribution in [-0.2, 0) is 22.7 Å². The van der Waals surface area contributed by atoms with Gasteiger partial charge in [0.25, 0.3) is 0 Å². The Bertz CT molecular complexity index is 1020. The van der Waals surface area contributed by atoms with E-state index < -0.39 is 0 Å². The normalized spacial score (nSPS) is 13.5. The van der Waals surface area contributed by atoms with E-state index in [9.17, 15) is 0 Å². The molecular weight excluding hydrogens is 516 g/mol. The summed E-state index contributed by atoms with van der Waals surface area (Å²) in [4.78, 5) is 0. The molecule has 230 valence electrons. The lowest BCUT2D eigenvalue weighted by atomic mass is 9.98. The third-order valence-corrected chi connectivity index (χ3v) is 8.04. The first kappa shape index (κ1) is 33.8. The van der Waals surface area contributed by atoms with Crippen molar-refractivity contribution >= 4 is 5.69 Å². The maximum absolute atomic E-state index is 6.87. The number of hydrogen-bond acceptors (Lipinski definition) is 4. The molecule has 3 rings (SSSR count). The second-order valence-electron chi connectivity index (χ2n) is 11.7. The molecule has 0 spiro atoms. The molecule has 3 aromatic rings. The summed E-state index contributed by atoms with van der Waals surface area (Å²) in [7, 11) is 0. The highest BCUT2D eigenvalue weighted by atomic mass is 16.5. The molecule has 0 radical (unpaired) electrons. The number of nitrogens with one attached hydrogen (secondary N) is 1. The molecule has 3 aromatic carbocycles. The molecule has 42 heavy (non-hydrogen) atoms. The first-order valence-corrected chi connectivity index (χ1v) is 16.6. The van der Waals surface area contributed by atoms with Crippen molar-refractivity contribution in [1.82, 2.24) is 0 Å². The summed E-state index contributed by atoms with van der Waals surface area (Å²) in [6.45, 7) is 3.99. The van der Waals surface area contributed by atoms with Crippen LogP contribution in [0.3, 0.4) is 0 Å². The Morgan fingerprint density at radius 2 is 1.02 bits per heavy atom. The Labute approximate surface area is 256 Å². The topological polar surface area (TPSA) is 56.5 Å². The van der Waals surface area contributed by atoms with Gasteiger partial charge < -0.3 is 20.5 Å². The van der Waals surface area contributed by atoms with Gasteiger partial charge in [-0.3, -0.25) is 0 Å². The van der Waals surface area contributed by atoms with Gasteiger partial charge in [-0.25, -0.2) is 0 Å². The highest BCUT2D eigenvalue weighted by Gasteiger charge is 2.29. The molecular formula is C38H56N2O2. The number of unbranched alkanes of at least 4 members (excludes halogenated alkanes) is 11. The van der Waals surface area contributed by atoms with Crippen LogP contribution in [0.15, 0.2) is 91.0 Å². The summed E-state index contributed by atoms with van der Waals surface area (Å²) in [5.41, 5.74) is 10.3. The first-order chi connectivity index (χ1) is 20.8. The summed E-state index contributed by atoms with van der Waals surface area (Å²) in [6, 6.07) is 30.8. The Hall–Kier alpha value is -2.66. The van der Waals surface area contributed by atoms with Gasteiger partial charge in [-0.2, -0.15) is 0 Å². The van der Waals surface area contributed by atoms with E-state index in [1.807, 2.05) is 30.3 Å². The number of nitrogens with two attached hydrogens (primary N) is 1. The summed E-state index contributed by atoms with van der Waals surface area (Å²) in [5, 5.41) is 3.51. The van der Waals surface area contributed by atoms with Crippen molar-refractivity contribution in [3.8, 4) is 0 Å². The molecule has 0 unspecified atom stereocenters. The Kier molecular flexibility index (Phi) is 17.7. The Morgan fingerprint density at radius 3 is 1.55 bits per heavy atom. The van der Waals surface area contributed by atoms with Crippen molar-refractivity contribution < 1.29 is 9.47 Å². The number of benzene rings is 3. The van der Waals surface area contributed by atoms with Gasteiger partial charge in [-0.05, 0) is 29.7 Å². The zero-order valence-corrected chi connectivity index (χ0v) is 26.1.